The Kier molecular flexibility index (Phi) is 4.91. The van der Waals surface area contributed by atoms with E-state index in [1.54, 1.807) is 18.6 Å². The Hall–Kier alpha value is -2.71. The Balaban J connectivity index is 1.79. The molecule has 0 atom stereocenters. The summed E-state index contributed by atoms with van der Waals surface area (Å²) in [6, 6.07) is 28.1. The number of aliphatic hydroxyl groups is 1. The molecule has 1 saturated carbocycles. The SMILES string of the molecule is O=C([C]1[CH][CH][CH][C]1C(O)(c1ccccc1)c1ccccc1)c1ccccc1. The van der Waals surface area contributed by atoms with Crippen molar-refractivity contribution in [1.82, 2.24) is 0 Å². The summed E-state index contributed by atoms with van der Waals surface area (Å²) in [4.78, 5) is 13.1. The van der Waals surface area contributed by atoms with Crippen LogP contribution >= 0.6 is 0 Å². The van der Waals surface area contributed by atoms with E-state index in [0.717, 1.165) is 11.1 Å². The maximum Gasteiger partial charge on any atom is 0.171 e. The maximum atomic E-state index is 13.1. The van der Waals surface area contributed by atoms with Crippen molar-refractivity contribution in [2.75, 3.05) is 0 Å². The average Bonchev–Trinajstić information content (AvgIpc) is 3.25. The van der Waals surface area contributed by atoms with E-state index < -0.39 is 5.60 Å². The van der Waals surface area contributed by atoms with Crippen molar-refractivity contribution < 1.29 is 9.90 Å². The largest absolute Gasteiger partial charge is 0.380 e. The molecular formula is C25H19O2. The summed E-state index contributed by atoms with van der Waals surface area (Å²) in [7, 11) is 0. The van der Waals surface area contributed by atoms with Crippen molar-refractivity contribution in [2.45, 2.75) is 5.60 Å². The van der Waals surface area contributed by atoms with Crippen molar-refractivity contribution >= 4 is 5.78 Å². The topological polar surface area (TPSA) is 37.3 Å². The molecule has 1 fully saturated rings. The van der Waals surface area contributed by atoms with Crippen molar-refractivity contribution in [3.8, 4) is 0 Å². The molecule has 0 bridgehead atoms. The van der Waals surface area contributed by atoms with Crippen LogP contribution in [0.5, 0.6) is 0 Å². The normalized spacial score (nSPS) is 15.7. The molecule has 0 heterocycles. The van der Waals surface area contributed by atoms with Gasteiger partial charge in [0.2, 0.25) is 0 Å². The third-order valence-electron chi connectivity index (χ3n) is 4.87. The second kappa shape index (κ2) is 7.50. The molecule has 2 nitrogen and oxygen atoms in total. The summed E-state index contributed by atoms with van der Waals surface area (Å²) in [5.74, 6) is 1.01. The highest BCUT2D eigenvalue weighted by Gasteiger charge is 2.50. The highest BCUT2D eigenvalue weighted by Crippen LogP contribution is 2.50. The van der Waals surface area contributed by atoms with Crippen LogP contribution in [0, 0.1) is 31.1 Å². The van der Waals surface area contributed by atoms with Crippen molar-refractivity contribution in [3.63, 3.8) is 0 Å². The summed E-state index contributed by atoms with van der Waals surface area (Å²) in [6.07, 6.45) is 5.43. The van der Waals surface area contributed by atoms with Gasteiger partial charge in [-0.2, -0.15) is 0 Å². The molecule has 1 N–H and O–H groups in total. The fourth-order valence-electron chi connectivity index (χ4n) is 3.52. The molecule has 2 heteroatoms. The summed E-state index contributed by atoms with van der Waals surface area (Å²) in [5.41, 5.74) is 0.647. The molecule has 5 radical (unpaired) electrons. The van der Waals surface area contributed by atoms with Gasteiger partial charge in [-0.25, -0.2) is 0 Å². The number of Topliss-reactive ketones (excluding diaryl/α,β-unsaturated/α-hetero) is 1. The zero-order chi connectivity index (χ0) is 18.7. The van der Waals surface area contributed by atoms with Crippen LogP contribution in [0.1, 0.15) is 21.5 Å². The van der Waals surface area contributed by atoms with Gasteiger partial charge in [-0.3, -0.25) is 4.79 Å². The van der Waals surface area contributed by atoms with E-state index in [2.05, 4.69) is 0 Å². The molecule has 0 amide bonds. The number of hydrogen-bond acceptors (Lipinski definition) is 2. The molecule has 3 aromatic rings. The molecule has 1 aliphatic rings. The standard InChI is InChI=1S/C25H19O2/c26-24(19-11-4-1-5-12-19)22-17-10-18-23(22)25(27,20-13-6-2-7-14-20)21-15-8-3-9-16-21/h1-18,27H. The first-order valence-corrected chi connectivity index (χ1v) is 8.90. The Morgan fingerprint density at radius 2 is 1.15 bits per heavy atom. The molecule has 4 rings (SSSR count). The predicted molar refractivity (Wildman–Crippen MR) is 106 cm³/mol. The first-order chi connectivity index (χ1) is 13.2. The fourth-order valence-corrected chi connectivity index (χ4v) is 3.52. The van der Waals surface area contributed by atoms with E-state index in [1.165, 1.54) is 0 Å². The van der Waals surface area contributed by atoms with Gasteiger partial charge >= 0.3 is 0 Å². The van der Waals surface area contributed by atoms with Gasteiger partial charge in [0, 0.05) is 11.5 Å². The van der Waals surface area contributed by atoms with Crippen molar-refractivity contribution in [2.24, 2.45) is 0 Å². The monoisotopic (exact) mass is 351 g/mol. The molecule has 0 saturated heterocycles. The van der Waals surface area contributed by atoms with Crippen LogP contribution in [-0.2, 0) is 5.60 Å². The van der Waals surface area contributed by atoms with Crippen LogP contribution in [0.15, 0.2) is 91.0 Å². The van der Waals surface area contributed by atoms with Gasteiger partial charge in [0.05, 0.1) is 5.92 Å². The molecule has 1 aliphatic carbocycles. The molecule has 3 aromatic carbocycles. The van der Waals surface area contributed by atoms with E-state index in [0.29, 0.717) is 17.4 Å². The van der Waals surface area contributed by atoms with Crippen LogP contribution in [0.25, 0.3) is 0 Å². The number of ketones is 1. The lowest BCUT2D eigenvalue weighted by Gasteiger charge is -2.37. The zero-order valence-electron chi connectivity index (χ0n) is 14.7. The van der Waals surface area contributed by atoms with Crippen LogP contribution < -0.4 is 0 Å². The van der Waals surface area contributed by atoms with Gasteiger partial charge in [-0.15, -0.1) is 0 Å². The smallest absolute Gasteiger partial charge is 0.171 e. The highest BCUT2D eigenvalue weighted by atomic mass is 16.3. The van der Waals surface area contributed by atoms with E-state index in [1.807, 2.05) is 91.7 Å². The summed E-state index contributed by atoms with van der Waals surface area (Å²) < 4.78 is 0. The van der Waals surface area contributed by atoms with E-state index in [9.17, 15) is 9.90 Å². The molecular weight excluding hydrogens is 332 g/mol. The summed E-state index contributed by atoms with van der Waals surface area (Å²) >= 11 is 0. The third kappa shape index (κ3) is 3.22. The number of carbonyl (C=O) groups excluding carboxylic acids is 1. The van der Waals surface area contributed by atoms with Gasteiger partial charge in [0.1, 0.15) is 5.60 Å². The van der Waals surface area contributed by atoms with E-state index in [4.69, 9.17) is 0 Å². The first kappa shape index (κ1) is 17.7. The highest BCUT2D eigenvalue weighted by molar-refractivity contribution is 6.11. The maximum absolute atomic E-state index is 13.1. The lowest BCUT2D eigenvalue weighted by Crippen LogP contribution is -2.38. The van der Waals surface area contributed by atoms with Crippen molar-refractivity contribution in [1.29, 1.82) is 0 Å². The van der Waals surface area contributed by atoms with Gasteiger partial charge in [0.15, 0.2) is 5.78 Å². The lowest BCUT2D eigenvalue weighted by atomic mass is 9.70. The Labute approximate surface area is 160 Å². The minimum Gasteiger partial charge on any atom is -0.380 e. The van der Waals surface area contributed by atoms with Crippen LogP contribution in [-0.4, -0.2) is 10.9 Å². The molecule has 0 unspecified atom stereocenters. The van der Waals surface area contributed by atoms with Crippen LogP contribution in [0.2, 0.25) is 0 Å². The van der Waals surface area contributed by atoms with Crippen molar-refractivity contribution in [3.05, 3.63) is 139 Å². The van der Waals surface area contributed by atoms with E-state index >= 15 is 0 Å². The summed E-state index contributed by atoms with van der Waals surface area (Å²) in [6.45, 7) is 0. The Morgan fingerprint density at radius 3 is 1.67 bits per heavy atom. The predicted octanol–water partition coefficient (Wildman–Crippen LogP) is 4.58. The lowest BCUT2D eigenvalue weighted by molar-refractivity contribution is 0.0893. The van der Waals surface area contributed by atoms with Gasteiger partial charge in [0.25, 0.3) is 0 Å². The van der Waals surface area contributed by atoms with Crippen LogP contribution in [0.3, 0.4) is 0 Å². The van der Waals surface area contributed by atoms with Gasteiger partial charge < -0.3 is 5.11 Å². The minimum absolute atomic E-state index is 0.0964. The average molecular weight is 351 g/mol. The fraction of sp³-hybridized carbons (Fsp3) is 0.0400. The third-order valence-corrected chi connectivity index (χ3v) is 4.87. The number of rotatable bonds is 5. The summed E-state index contributed by atoms with van der Waals surface area (Å²) in [5, 5.41) is 11.9. The molecule has 27 heavy (non-hydrogen) atoms. The minimum atomic E-state index is -1.41. The first-order valence-electron chi connectivity index (χ1n) is 8.90. The molecule has 0 aromatic heterocycles. The Morgan fingerprint density at radius 1 is 0.667 bits per heavy atom. The quantitative estimate of drug-likeness (QED) is 0.683. The number of carbonyl (C=O) groups is 1. The van der Waals surface area contributed by atoms with Gasteiger partial charge in [-0.1, -0.05) is 91.0 Å². The van der Waals surface area contributed by atoms with Crippen LogP contribution in [0.4, 0.5) is 0 Å². The molecule has 0 spiro atoms. The molecule has 131 valence electrons. The number of benzene rings is 3. The Bertz CT molecular complexity index is 848. The zero-order valence-corrected chi connectivity index (χ0v) is 14.7. The van der Waals surface area contributed by atoms with Gasteiger partial charge in [-0.05, 0) is 30.4 Å². The number of hydrogen-bond donors (Lipinski definition) is 1. The molecule has 0 aliphatic heterocycles. The second-order valence-corrected chi connectivity index (χ2v) is 6.49. The van der Waals surface area contributed by atoms with E-state index in [-0.39, 0.29) is 5.78 Å². The second-order valence-electron chi connectivity index (χ2n) is 6.49.